The van der Waals surface area contributed by atoms with Crippen molar-refractivity contribution in [1.29, 1.82) is 0 Å². The molecule has 1 fully saturated rings. The number of ether oxygens (including phenoxy) is 1. The number of aromatic nitrogens is 3. The molecule has 0 spiro atoms. The average molecular weight is 261 g/mol. The van der Waals surface area contributed by atoms with Gasteiger partial charge in [0.2, 0.25) is 0 Å². The van der Waals surface area contributed by atoms with Gasteiger partial charge in [-0.3, -0.25) is 9.78 Å². The van der Waals surface area contributed by atoms with Crippen LogP contribution in [0.3, 0.4) is 0 Å². The van der Waals surface area contributed by atoms with Crippen molar-refractivity contribution in [2.24, 2.45) is 0 Å². The molecule has 4 N–H and O–H groups in total. The van der Waals surface area contributed by atoms with E-state index in [0.717, 1.165) is 10.9 Å². The van der Waals surface area contributed by atoms with E-state index in [1.807, 2.05) is 0 Å². The fourth-order valence-corrected chi connectivity index (χ4v) is 1.88. The molecule has 0 amide bonds. The highest BCUT2D eigenvalue weighted by atomic mass is 32.1. The van der Waals surface area contributed by atoms with Crippen LogP contribution in [0.1, 0.15) is 6.23 Å². The summed E-state index contributed by atoms with van der Waals surface area (Å²) < 4.78 is 6.24. The van der Waals surface area contributed by atoms with E-state index in [4.69, 9.17) is 22.1 Å². The Balaban J connectivity index is 2.35. The van der Waals surface area contributed by atoms with Gasteiger partial charge in [-0.05, 0) is 12.2 Å². The topological polar surface area (TPSA) is 121 Å². The minimum atomic E-state index is -1.28. The van der Waals surface area contributed by atoms with Gasteiger partial charge in [-0.2, -0.15) is 5.10 Å². The number of hydrogen-bond acceptors (Lipinski definition) is 7. The first-order chi connectivity index (χ1) is 8.04. The van der Waals surface area contributed by atoms with Crippen molar-refractivity contribution in [3.63, 3.8) is 0 Å². The number of aliphatic hydroxyl groups excluding tert-OH is 3. The number of hydrogen-bond donors (Lipinski definition) is 4. The number of rotatable bonds is 2. The second-order valence-corrected chi connectivity index (χ2v) is 4.00. The van der Waals surface area contributed by atoms with Gasteiger partial charge in [-0.25, -0.2) is 4.68 Å². The molecule has 2 heterocycles. The maximum Gasteiger partial charge on any atom is 0.270 e. The lowest BCUT2D eigenvalue weighted by Crippen LogP contribution is -2.33. The van der Waals surface area contributed by atoms with Crippen molar-refractivity contribution in [3.05, 3.63) is 21.3 Å². The van der Waals surface area contributed by atoms with E-state index in [0.29, 0.717) is 0 Å². The summed E-state index contributed by atoms with van der Waals surface area (Å²) in [7, 11) is 0. The zero-order valence-electron chi connectivity index (χ0n) is 8.55. The molecule has 0 saturated carbocycles. The number of H-pyrrole nitrogens is 1. The van der Waals surface area contributed by atoms with E-state index in [9.17, 15) is 15.0 Å². The third-order valence-electron chi connectivity index (χ3n) is 2.50. The second kappa shape index (κ2) is 4.63. The van der Waals surface area contributed by atoms with Crippen molar-refractivity contribution >= 4 is 12.2 Å². The summed E-state index contributed by atoms with van der Waals surface area (Å²) in [6, 6.07) is 0. The molecule has 94 valence electrons. The minimum Gasteiger partial charge on any atom is -0.394 e. The molecule has 0 aliphatic carbocycles. The molecule has 1 aromatic heterocycles. The standard InChI is InChI=1S/C8H11N3O5S/c12-2-3-5(14)6(15)7(16-3)11-8(17)10-4(13)1-9-11/h1,3,5-7,12,14-15H,2H2,(H,10,13,17)/t3-,5?,6?,7-/m0/s1. The third kappa shape index (κ3) is 2.15. The molecule has 2 unspecified atom stereocenters. The normalized spacial score (nSPS) is 32.9. The van der Waals surface area contributed by atoms with Gasteiger partial charge in [-0.15, -0.1) is 0 Å². The Morgan fingerprint density at radius 3 is 2.76 bits per heavy atom. The van der Waals surface area contributed by atoms with Crippen molar-refractivity contribution in [2.75, 3.05) is 6.61 Å². The first-order valence-corrected chi connectivity index (χ1v) is 5.26. The van der Waals surface area contributed by atoms with Gasteiger partial charge < -0.3 is 20.1 Å². The number of nitrogens with zero attached hydrogens (tertiary/aromatic N) is 2. The Hall–Kier alpha value is -1.13. The maximum absolute atomic E-state index is 10.9. The van der Waals surface area contributed by atoms with Crippen LogP contribution in [0, 0.1) is 4.77 Å². The maximum atomic E-state index is 10.9. The van der Waals surface area contributed by atoms with Gasteiger partial charge in [0.25, 0.3) is 5.56 Å². The number of aliphatic hydroxyl groups is 3. The molecule has 1 aliphatic heterocycles. The second-order valence-electron chi connectivity index (χ2n) is 3.61. The lowest BCUT2D eigenvalue weighted by atomic mass is 10.1. The van der Waals surface area contributed by atoms with E-state index in [1.54, 1.807) is 0 Å². The molecule has 1 aliphatic rings. The summed E-state index contributed by atoms with van der Waals surface area (Å²) in [6.45, 7) is -0.439. The van der Waals surface area contributed by atoms with Crippen LogP contribution in [0.25, 0.3) is 0 Å². The first-order valence-electron chi connectivity index (χ1n) is 4.85. The molecule has 2 rings (SSSR count). The highest BCUT2D eigenvalue weighted by molar-refractivity contribution is 7.71. The predicted molar refractivity (Wildman–Crippen MR) is 56.7 cm³/mol. The Labute approximate surface area is 100 Å². The Kier molecular flexibility index (Phi) is 3.35. The van der Waals surface area contributed by atoms with Crippen molar-refractivity contribution in [2.45, 2.75) is 24.5 Å². The van der Waals surface area contributed by atoms with Gasteiger partial charge >= 0.3 is 0 Å². The molecule has 1 saturated heterocycles. The largest absolute Gasteiger partial charge is 0.394 e. The highest BCUT2D eigenvalue weighted by Gasteiger charge is 2.43. The van der Waals surface area contributed by atoms with Gasteiger partial charge in [0.15, 0.2) is 11.0 Å². The molecule has 8 nitrogen and oxygen atoms in total. The van der Waals surface area contributed by atoms with E-state index in [1.165, 1.54) is 0 Å². The summed E-state index contributed by atoms with van der Waals surface area (Å²) in [6.07, 6.45) is -3.49. The molecule has 0 radical (unpaired) electrons. The van der Waals surface area contributed by atoms with Crippen LogP contribution in [-0.2, 0) is 4.74 Å². The molecule has 1 aromatic rings. The van der Waals surface area contributed by atoms with Crippen LogP contribution in [-0.4, -0.2) is 55.0 Å². The lowest BCUT2D eigenvalue weighted by Gasteiger charge is -2.16. The summed E-state index contributed by atoms with van der Waals surface area (Å²) in [5.41, 5.74) is -0.474. The van der Waals surface area contributed by atoms with Crippen molar-refractivity contribution in [3.8, 4) is 0 Å². The molecule has 9 heteroatoms. The smallest absolute Gasteiger partial charge is 0.270 e. The fourth-order valence-electron chi connectivity index (χ4n) is 1.63. The van der Waals surface area contributed by atoms with E-state index >= 15 is 0 Å². The molecule has 0 bridgehead atoms. The van der Waals surface area contributed by atoms with Gasteiger partial charge in [-0.1, -0.05) is 0 Å². The highest BCUT2D eigenvalue weighted by Crippen LogP contribution is 2.28. The Morgan fingerprint density at radius 1 is 1.53 bits per heavy atom. The molecule has 17 heavy (non-hydrogen) atoms. The molecule has 0 aromatic carbocycles. The average Bonchev–Trinajstić information content (AvgIpc) is 2.57. The van der Waals surface area contributed by atoms with E-state index < -0.39 is 36.7 Å². The van der Waals surface area contributed by atoms with Crippen LogP contribution in [0.4, 0.5) is 0 Å². The van der Waals surface area contributed by atoms with Gasteiger partial charge in [0.05, 0.1) is 6.61 Å². The summed E-state index contributed by atoms with van der Waals surface area (Å²) in [5, 5.41) is 31.9. The van der Waals surface area contributed by atoms with E-state index in [2.05, 4.69) is 10.1 Å². The van der Waals surface area contributed by atoms with Crippen molar-refractivity contribution < 1.29 is 20.1 Å². The van der Waals surface area contributed by atoms with Gasteiger partial charge in [0, 0.05) is 0 Å². The van der Waals surface area contributed by atoms with Gasteiger partial charge in [0.1, 0.15) is 24.5 Å². The number of nitrogens with one attached hydrogen (secondary N) is 1. The quantitative estimate of drug-likeness (QED) is 0.450. The monoisotopic (exact) mass is 261 g/mol. The molecular formula is C8H11N3O5S. The lowest BCUT2D eigenvalue weighted by molar-refractivity contribution is -0.0607. The van der Waals surface area contributed by atoms with Crippen LogP contribution < -0.4 is 5.56 Å². The first kappa shape index (κ1) is 12.3. The Bertz CT molecular complexity index is 514. The summed E-state index contributed by atoms with van der Waals surface area (Å²) >= 11 is 4.85. The zero-order chi connectivity index (χ0) is 12.6. The fraction of sp³-hybridized carbons (Fsp3) is 0.625. The molecular weight excluding hydrogens is 250 g/mol. The number of aromatic amines is 1. The van der Waals surface area contributed by atoms with Crippen LogP contribution in [0.5, 0.6) is 0 Å². The predicted octanol–water partition coefficient (Wildman–Crippen LogP) is -2.09. The van der Waals surface area contributed by atoms with Crippen LogP contribution >= 0.6 is 12.2 Å². The summed E-state index contributed by atoms with van der Waals surface area (Å²) in [5.74, 6) is 0. The zero-order valence-corrected chi connectivity index (χ0v) is 9.37. The van der Waals surface area contributed by atoms with Crippen LogP contribution in [0.2, 0.25) is 0 Å². The SMILES string of the molecule is O=c1cnn([C@H]2O[C@@H](CO)C(O)C2O)c(=S)[nH]1. The van der Waals surface area contributed by atoms with Crippen molar-refractivity contribution in [1.82, 2.24) is 14.8 Å². The summed E-state index contributed by atoms with van der Waals surface area (Å²) in [4.78, 5) is 13.2. The minimum absolute atomic E-state index is 0.0349. The van der Waals surface area contributed by atoms with E-state index in [-0.39, 0.29) is 4.77 Å². The molecule has 4 atom stereocenters. The third-order valence-corrected chi connectivity index (χ3v) is 2.78. The Morgan fingerprint density at radius 2 is 2.24 bits per heavy atom. The van der Waals surface area contributed by atoms with Crippen LogP contribution in [0.15, 0.2) is 11.0 Å².